The maximum atomic E-state index is 12.4. The number of imidazole rings is 1. The van der Waals surface area contributed by atoms with Crippen molar-refractivity contribution in [2.24, 2.45) is 0 Å². The Morgan fingerprint density at radius 2 is 1.92 bits per heavy atom. The summed E-state index contributed by atoms with van der Waals surface area (Å²) in [7, 11) is 0. The number of hydrogen-bond donors (Lipinski definition) is 2. The molecule has 0 radical (unpaired) electrons. The van der Waals surface area contributed by atoms with Crippen molar-refractivity contribution < 1.29 is 14.7 Å². The maximum Gasteiger partial charge on any atom is 0.303 e. The first-order chi connectivity index (χ1) is 12.5. The molecule has 0 spiro atoms. The van der Waals surface area contributed by atoms with Crippen molar-refractivity contribution in [2.45, 2.75) is 32.7 Å². The lowest BCUT2D eigenvalue weighted by Crippen LogP contribution is -2.32. The zero-order valence-electron chi connectivity index (χ0n) is 14.8. The second-order valence-electron chi connectivity index (χ2n) is 6.34. The van der Waals surface area contributed by atoms with Crippen molar-refractivity contribution >= 4 is 22.9 Å². The molecule has 1 atom stereocenters. The normalized spacial score (nSPS) is 12.1. The van der Waals surface area contributed by atoms with Crippen LogP contribution in [0, 0.1) is 6.92 Å². The first kappa shape index (κ1) is 17.7. The number of amides is 1. The van der Waals surface area contributed by atoms with Crippen molar-refractivity contribution in [3.63, 3.8) is 0 Å². The van der Waals surface area contributed by atoms with Crippen molar-refractivity contribution in [1.82, 2.24) is 14.9 Å². The van der Waals surface area contributed by atoms with Gasteiger partial charge in [0.05, 0.1) is 11.0 Å². The monoisotopic (exact) mass is 351 g/mol. The van der Waals surface area contributed by atoms with Gasteiger partial charge in [0.2, 0.25) is 0 Å². The van der Waals surface area contributed by atoms with E-state index in [2.05, 4.69) is 10.3 Å². The molecule has 1 amide bonds. The van der Waals surface area contributed by atoms with Crippen LogP contribution in [0.15, 0.2) is 48.5 Å². The molecule has 0 aliphatic heterocycles. The molecule has 134 valence electrons. The first-order valence-corrected chi connectivity index (χ1v) is 8.53. The van der Waals surface area contributed by atoms with Gasteiger partial charge < -0.3 is 10.4 Å². The van der Waals surface area contributed by atoms with Crippen LogP contribution in [0.4, 0.5) is 0 Å². The molecular weight excluding hydrogens is 330 g/mol. The van der Waals surface area contributed by atoms with Crippen LogP contribution in [-0.4, -0.2) is 32.6 Å². The van der Waals surface area contributed by atoms with Gasteiger partial charge in [-0.05, 0) is 50.6 Å². The predicted octanol–water partition coefficient (Wildman–Crippen LogP) is 3.32. The molecule has 6 nitrogen and oxygen atoms in total. The van der Waals surface area contributed by atoms with Crippen molar-refractivity contribution in [2.75, 3.05) is 0 Å². The van der Waals surface area contributed by atoms with E-state index >= 15 is 0 Å². The smallest absolute Gasteiger partial charge is 0.303 e. The summed E-state index contributed by atoms with van der Waals surface area (Å²) < 4.78 is 2.05. The second-order valence-corrected chi connectivity index (χ2v) is 6.34. The van der Waals surface area contributed by atoms with Crippen LogP contribution >= 0.6 is 0 Å². The summed E-state index contributed by atoms with van der Waals surface area (Å²) in [6, 6.07) is 15.1. The fourth-order valence-electron chi connectivity index (χ4n) is 2.96. The average Bonchev–Trinajstić information content (AvgIpc) is 2.95. The van der Waals surface area contributed by atoms with Gasteiger partial charge in [0.1, 0.15) is 5.82 Å². The van der Waals surface area contributed by atoms with E-state index in [0.29, 0.717) is 12.0 Å². The third kappa shape index (κ3) is 3.74. The number of benzene rings is 2. The molecular formula is C20H21N3O3. The van der Waals surface area contributed by atoms with Gasteiger partial charge in [0.25, 0.3) is 5.91 Å². The standard InChI is InChI=1S/C20H21N3O3/c1-13(8-11-19(24)25)21-20(26)15-9-10-18-17(12-15)22-14(2)23(18)16-6-4-3-5-7-16/h3-7,9-10,12-13H,8,11H2,1-2H3,(H,21,26)(H,24,25). The second kappa shape index (κ2) is 7.39. The molecule has 1 unspecified atom stereocenters. The Hall–Kier alpha value is -3.15. The number of carboxylic acid groups (broad SMARTS) is 1. The summed E-state index contributed by atoms with van der Waals surface area (Å²) in [5.41, 5.74) is 3.21. The van der Waals surface area contributed by atoms with Crippen LogP contribution in [0.1, 0.15) is 35.9 Å². The van der Waals surface area contributed by atoms with Crippen LogP contribution in [0.2, 0.25) is 0 Å². The Labute approximate surface area is 151 Å². The van der Waals surface area contributed by atoms with E-state index in [-0.39, 0.29) is 18.4 Å². The molecule has 3 aromatic rings. The van der Waals surface area contributed by atoms with Crippen LogP contribution in [0.3, 0.4) is 0 Å². The Morgan fingerprint density at radius 1 is 1.19 bits per heavy atom. The maximum absolute atomic E-state index is 12.4. The summed E-state index contributed by atoms with van der Waals surface area (Å²) in [4.78, 5) is 27.6. The zero-order chi connectivity index (χ0) is 18.7. The fourth-order valence-corrected chi connectivity index (χ4v) is 2.96. The van der Waals surface area contributed by atoms with Crippen molar-refractivity contribution in [1.29, 1.82) is 0 Å². The average molecular weight is 351 g/mol. The molecule has 1 heterocycles. The largest absolute Gasteiger partial charge is 0.481 e. The summed E-state index contributed by atoms with van der Waals surface area (Å²) in [6.45, 7) is 3.73. The van der Waals surface area contributed by atoms with Crippen LogP contribution < -0.4 is 5.32 Å². The van der Waals surface area contributed by atoms with Crippen LogP contribution in [0.5, 0.6) is 0 Å². The summed E-state index contributed by atoms with van der Waals surface area (Å²) in [5, 5.41) is 11.6. The molecule has 2 N–H and O–H groups in total. The zero-order valence-corrected chi connectivity index (χ0v) is 14.8. The summed E-state index contributed by atoms with van der Waals surface area (Å²) >= 11 is 0. The number of fused-ring (bicyclic) bond motifs is 1. The highest BCUT2D eigenvalue weighted by Gasteiger charge is 2.14. The molecule has 0 fully saturated rings. The number of nitrogens with zero attached hydrogens (tertiary/aromatic N) is 2. The molecule has 0 saturated heterocycles. The van der Waals surface area contributed by atoms with E-state index in [1.807, 2.05) is 47.9 Å². The van der Waals surface area contributed by atoms with E-state index in [1.165, 1.54) is 0 Å². The minimum absolute atomic E-state index is 0.0289. The number of carboxylic acids is 1. The molecule has 1 aromatic heterocycles. The van der Waals surface area contributed by atoms with Gasteiger partial charge in [-0.15, -0.1) is 0 Å². The number of nitrogens with one attached hydrogen (secondary N) is 1. The van der Waals surface area contributed by atoms with Crippen LogP contribution in [0.25, 0.3) is 16.7 Å². The van der Waals surface area contributed by atoms with E-state index in [0.717, 1.165) is 22.5 Å². The van der Waals surface area contributed by atoms with Gasteiger partial charge in [-0.1, -0.05) is 18.2 Å². The van der Waals surface area contributed by atoms with Gasteiger partial charge in [-0.25, -0.2) is 4.98 Å². The van der Waals surface area contributed by atoms with Crippen molar-refractivity contribution in [3.05, 3.63) is 59.9 Å². The van der Waals surface area contributed by atoms with Gasteiger partial charge in [-0.3, -0.25) is 14.2 Å². The molecule has 3 rings (SSSR count). The lowest BCUT2D eigenvalue weighted by molar-refractivity contribution is -0.137. The lowest BCUT2D eigenvalue weighted by Gasteiger charge is -2.13. The lowest BCUT2D eigenvalue weighted by atomic mass is 10.1. The van der Waals surface area contributed by atoms with Gasteiger partial charge >= 0.3 is 5.97 Å². The Balaban J connectivity index is 1.84. The van der Waals surface area contributed by atoms with Gasteiger partial charge in [0.15, 0.2) is 0 Å². The number of hydrogen-bond acceptors (Lipinski definition) is 3. The van der Waals surface area contributed by atoms with E-state index < -0.39 is 5.97 Å². The Kier molecular flexibility index (Phi) is 5.02. The third-order valence-electron chi connectivity index (χ3n) is 4.27. The minimum atomic E-state index is -0.866. The van der Waals surface area contributed by atoms with Crippen LogP contribution in [-0.2, 0) is 4.79 Å². The number of carbonyl (C=O) groups is 2. The number of rotatable bonds is 6. The van der Waals surface area contributed by atoms with E-state index in [1.54, 1.807) is 19.1 Å². The first-order valence-electron chi connectivity index (χ1n) is 8.53. The van der Waals surface area contributed by atoms with E-state index in [9.17, 15) is 9.59 Å². The highest BCUT2D eigenvalue weighted by atomic mass is 16.4. The third-order valence-corrected chi connectivity index (χ3v) is 4.27. The molecule has 0 aliphatic carbocycles. The molecule has 2 aromatic carbocycles. The highest BCUT2D eigenvalue weighted by Crippen LogP contribution is 2.22. The Morgan fingerprint density at radius 3 is 2.62 bits per heavy atom. The quantitative estimate of drug-likeness (QED) is 0.713. The number of carbonyl (C=O) groups excluding carboxylic acids is 1. The number of aromatic nitrogens is 2. The van der Waals surface area contributed by atoms with E-state index in [4.69, 9.17) is 5.11 Å². The summed E-state index contributed by atoms with van der Waals surface area (Å²) in [6.07, 6.45) is 0.423. The SMILES string of the molecule is Cc1nc2cc(C(=O)NC(C)CCC(=O)O)ccc2n1-c1ccccc1. The molecule has 26 heavy (non-hydrogen) atoms. The summed E-state index contributed by atoms with van der Waals surface area (Å²) in [5.74, 6) is -0.246. The number of para-hydroxylation sites is 1. The number of aryl methyl sites for hydroxylation is 1. The molecule has 6 heteroatoms. The Bertz CT molecular complexity index is 948. The molecule has 0 aliphatic rings. The van der Waals surface area contributed by atoms with Crippen molar-refractivity contribution in [3.8, 4) is 5.69 Å². The van der Waals surface area contributed by atoms with Gasteiger partial charge in [-0.2, -0.15) is 0 Å². The fraction of sp³-hybridized carbons (Fsp3) is 0.250. The predicted molar refractivity (Wildman–Crippen MR) is 99.6 cm³/mol. The topological polar surface area (TPSA) is 84.2 Å². The minimum Gasteiger partial charge on any atom is -0.481 e. The highest BCUT2D eigenvalue weighted by molar-refractivity contribution is 5.97. The molecule has 0 bridgehead atoms. The number of aliphatic carboxylic acids is 1. The molecule has 0 saturated carbocycles. The van der Waals surface area contributed by atoms with Gasteiger partial charge in [0, 0.05) is 23.7 Å².